The summed E-state index contributed by atoms with van der Waals surface area (Å²) in [4.78, 5) is 12.8. The van der Waals surface area contributed by atoms with Gasteiger partial charge in [-0.3, -0.25) is 4.79 Å². The lowest BCUT2D eigenvalue weighted by molar-refractivity contribution is 0.0852. The van der Waals surface area contributed by atoms with Crippen LogP contribution in [-0.4, -0.2) is 15.6 Å². The lowest BCUT2D eigenvalue weighted by Gasteiger charge is -2.14. The Hall–Kier alpha value is -2.82. The van der Waals surface area contributed by atoms with Gasteiger partial charge in [0.25, 0.3) is 5.91 Å². The maximum Gasteiger partial charge on any atom is 0.254 e. The molecule has 0 bridgehead atoms. The molecule has 0 saturated carbocycles. The molecule has 1 unspecified atom stereocenters. The van der Waals surface area contributed by atoms with Crippen LogP contribution in [-0.2, 0) is 6.54 Å². The smallest absolute Gasteiger partial charge is 0.254 e. The normalized spacial score (nSPS) is 16.1. The number of fused-ring (bicyclic) bond motifs is 5. The molecule has 1 amide bonds. The van der Waals surface area contributed by atoms with E-state index in [2.05, 4.69) is 22.9 Å². The molecular formula is C22H17ClN2O2. The minimum Gasteiger partial charge on any atom is -0.369 e. The molecule has 2 heterocycles. The van der Waals surface area contributed by atoms with Crippen molar-refractivity contribution in [2.24, 2.45) is 0 Å². The number of nitrogens with zero attached hydrogens (tertiary/aromatic N) is 1. The minimum atomic E-state index is -1.05. The van der Waals surface area contributed by atoms with Crippen LogP contribution in [0.5, 0.6) is 0 Å². The Morgan fingerprint density at radius 1 is 1.07 bits per heavy atom. The second-order valence-corrected chi connectivity index (χ2v) is 7.13. The monoisotopic (exact) mass is 376 g/mol. The summed E-state index contributed by atoms with van der Waals surface area (Å²) in [5.41, 5.74) is 4.77. The van der Waals surface area contributed by atoms with Gasteiger partial charge in [-0.05, 0) is 30.7 Å². The summed E-state index contributed by atoms with van der Waals surface area (Å²) in [5, 5.41) is 15.7. The van der Waals surface area contributed by atoms with Crippen LogP contribution in [0.3, 0.4) is 0 Å². The number of aliphatic hydroxyl groups is 1. The summed E-state index contributed by atoms with van der Waals surface area (Å²) < 4.78 is 2.20. The van der Waals surface area contributed by atoms with Gasteiger partial charge < -0.3 is 15.0 Å². The minimum absolute atomic E-state index is 0.254. The Morgan fingerprint density at radius 3 is 2.59 bits per heavy atom. The quantitative estimate of drug-likeness (QED) is 0.524. The van der Waals surface area contributed by atoms with E-state index in [0.29, 0.717) is 16.1 Å². The molecule has 0 saturated heterocycles. The summed E-state index contributed by atoms with van der Waals surface area (Å²) in [6.07, 6.45) is -1.05. The van der Waals surface area contributed by atoms with Crippen LogP contribution in [0.1, 0.15) is 29.1 Å². The van der Waals surface area contributed by atoms with Crippen LogP contribution in [0, 0.1) is 0 Å². The number of benzene rings is 3. The molecule has 4 aromatic rings. The Labute approximate surface area is 161 Å². The fraction of sp³-hybridized carbons (Fsp3) is 0.136. The zero-order chi connectivity index (χ0) is 18.7. The molecule has 4 nitrogen and oxygen atoms in total. The molecule has 3 aromatic carbocycles. The van der Waals surface area contributed by atoms with Gasteiger partial charge in [-0.2, -0.15) is 0 Å². The molecular weight excluding hydrogens is 360 g/mol. The van der Waals surface area contributed by atoms with Crippen molar-refractivity contribution < 1.29 is 9.90 Å². The summed E-state index contributed by atoms with van der Waals surface area (Å²) in [6.45, 7) is 2.86. The van der Waals surface area contributed by atoms with Crippen LogP contribution >= 0.6 is 11.6 Å². The van der Waals surface area contributed by atoms with Crippen molar-refractivity contribution in [3.05, 3.63) is 70.7 Å². The SMILES string of the molecule is CCn1c2ccccc2c2c3c(c(-c4ccccc4Cl)cc21)C(O)NC3=O. The molecule has 0 spiro atoms. The Bertz CT molecular complexity index is 1240. The van der Waals surface area contributed by atoms with Crippen molar-refractivity contribution >= 4 is 39.3 Å². The van der Waals surface area contributed by atoms with Gasteiger partial charge in [-0.15, -0.1) is 0 Å². The molecule has 0 aliphatic carbocycles. The first-order valence-electron chi connectivity index (χ1n) is 8.93. The summed E-state index contributed by atoms with van der Waals surface area (Å²) >= 11 is 6.45. The highest BCUT2D eigenvalue weighted by atomic mass is 35.5. The number of aryl methyl sites for hydroxylation is 1. The highest BCUT2D eigenvalue weighted by molar-refractivity contribution is 6.33. The number of para-hydroxylation sites is 1. The second-order valence-electron chi connectivity index (χ2n) is 6.72. The van der Waals surface area contributed by atoms with Gasteiger partial charge in [-0.25, -0.2) is 0 Å². The van der Waals surface area contributed by atoms with E-state index in [-0.39, 0.29) is 5.91 Å². The molecule has 5 heteroatoms. The van der Waals surface area contributed by atoms with E-state index in [9.17, 15) is 9.90 Å². The van der Waals surface area contributed by atoms with Gasteiger partial charge in [0.1, 0.15) is 0 Å². The fourth-order valence-corrected chi connectivity index (χ4v) is 4.49. The lowest BCUT2D eigenvalue weighted by atomic mass is 9.92. The van der Waals surface area contributed by atoms with Crippen molar-refractivity contribution in [3.8, 4) is 11.1 Å². The number of aromatic nitrogens is 1. The third-order valence-corrected chi connectivity index (χ3v) is 5.68. The average Bonchev–Trinajstić information content (AvgIpc) is 3.15. The van der Waals surface area contributed by atoms with Gasteiger partial charge >= 0.3 is 0 Å². The van der Waals surface area contributed by atoms with Crippen molar-refractivity contribution in [3.63, 3.8) is 0 Å². The molecule has 1 atom stereocenters. The van der Waals surface area contributed by atoms with Gasteiger partial charge in [0.2, 0.25) is 0 Å². The number of carbonyl (C=O) groups is 1. The average molecular weight is 377 g/mol. The van der Waals surface area contributed by atoms with Crippen LogP contribution in [0.4, 0.5) is 0 Å². The lowest BCUT2D eigenvalue weighted by Crippen LogP contribution is -2.18. The Morgan fingerprint density at radius 2 is 1.81 bits per heavy atom. The van der Waals surface area contributed by atoms with Crippen LogP contribution in [0.15, 0.2) is 54.6 Å². The van der Waals surface area contributed by atoms with Crippen molar-refractivity contribution in [1.82, 2.24) is 9.88 Å². The fourth-order valence-electron chi connectivity index (χ4n) is 4.25. The first-order valence-corrected chi connectivity index (χ1v) is 9.31. The van der Waals surface area contributed by atoms with E-state index < -0.39 is 6.23 Å². The van der Waals surface area contributed by atoms with E-state index in [0.717, 1.165) is 39.5 Å². The van der Waals surface area contributed by atoms with E-state index in [4.69, 9.17) is 11.6 Å². The predicted molar refractivity (Wildman–Crippen MR) is 108 cm³/mol. The molecule has 2 N–H and O–H groups in total. The number of amides is 1. The predicted octanol–water partition coefficient (Wildman–Crippen LogP) is 4.87. The molecule has 27 heavy (non-hydrogen) atoms. The van der Waals surface area contributed by atoms with Crippen molar-refractivity contribution in [1.29, 1.82) is 0 Å². The summed E-state index contributed by atoms with van der Waals surface area (Å²) in [7, 11) is 0. The van der Waals surface area contributed by atoms with Gasteiger partial charge in [-0.1, -0.05) is 48.0 Å². The number of hydrogen-bond donors (Lipinski definition) is 2. The topological polar surface area (TPSA) is 54.3 Å². The second kappa shape index (κ2) is 5.84. The Balaban J connectivity index is 2.02. The van der Waals surface area contributed by atoms with E-state index >= 15 is 0 Å². The van der Waals surface area contributed by atoms with Gasteiger partial charge in [0.05, 0.1) is 11.1 Å². The third-order valence-electron chi connectivity index (χ3n) is 5.35. The zero-order valence-corrected chi connectivity index (χ0v) is 15.4. The van der Waals surface area contributed by atoms with Crippen LogP contribution in [0.25, 0.3) is 32.9 Å². The van der Waals surface area contributed by atoms with Crippen LogP contribution in [0.2, 0.25) is 5.02 Å². The molecule has 0 fully saturated rings. The van der Waals surface area contributed by atoms with E-state index in [1.807, 2.05) is 48.5 Å². The largest absolute Gasteiger partial charge is 0.369 e. The number of hydrogen-bond acceptors (Lipinski definition) is 2. The van der Waals surface area contributed by atoms with Gasteiger partial charge in [0.15, 0.2) is 6.23 Å². The first-order chi connectivity index (χ1) is 13.1. The molecule has 1 aliphatic heterocycles. The molecule has 1 aliphatic rings. The highest BCUT2D eigenvalue weighted by Gasteiger charge is 2.34. The van der Waals surface area contributed by atoms with Crippen molar-refractivity contribution in [2.75, 3.05) is 0 Å². The molecule has 1 aromatic heterocycles. The number of nitrogens with one attached hydrogen (secondary N) is 1. The molecule has 134 valence electrons. The summed E-state index contributed by atoms with van der Waals surface area (Å²) in [6, 6.07) is 17.6. The number of aliphatic hydroxyl groups excluding tert-OH is 1. The third kappa shape index (κ3) is 2.17. The zero-order valence-electron chi connectivity index (χ0n) is 14.7. The van der Waals surface area contributed by atoms with E-state index in [1.54, 1.807) is 0 Å². The van der Waals surface area contributed by atoms with Gasteiger partial charge in [0, 0.05) is 39.0 Å². The number of carbonyl (C=O) groups excluding carboxylic acids is 1. The number of halogens is 1. The standard InChI is InChI=1S/C22H17ClN2O2/c1-2-25-16-10-6-4-8-13(16)18-17(25)11-14(12-7-3-5-9-15(12)23)19-20(18)22(27)24-21(19)26/h3-11,21,26H,2H2,1H3,(H,24,27). The summed E-state index contributed by atoms with van der Waals surface area (Å²) in [5.74, 6) is -0.254. The van der Waals surface area contributed by atoms with E-state index in [1.165, 1.54) is 0 Å². The number of rotatable bonds is 2. The highest BCUT2D eigenvalue weighted by Crippen LogP contribution is 2.44. The Kier molecular flexibility index (Phi) is 3.54. The maximum absolute atomic E-state index is 12.8. The van der Waals surface area contributed by atoms with Crippen LogP contribution < -0.4 is 5.32 Å². The first kappa shape index (κ1) is 16.4. The molecule has 5 rings (SSSR count). The molecule has 0 radical (unpaired) electrons. The maximum atomic E-state index is 12.8. The van der Waals surface area contributed by atoms with Crippen molar-refractivity contribution in [2.45, 2.75) is 19.7 Å².